The zero-order chi connectivity index (χ0) is 20.2. The van der Waals surface area contributed by atoms with Crippen molar-refractivity contribution in [3.05, 3.63) is 111 Å². The zero-order valence-electron chi connectivity index (χ0n) is 15.2. The summed E-state index contributed by atoms with van der Waals surface area (Å²) < 4.78 is 1.93. The number of halogens is 1. The average molecular weight is 403 g/mol. The first-order valence-corrected chi connectivity index (χ1v) is 9.19. The predicted molar refractivity (Wildman–Crippen MR) is 108 cm³/mol. The van der Waals surface area contributed by atoms with E-state index in [0.717, 1.165) is 17.0 Å². The van der Waals surface area contributed by atoms with Crippen LogP contribution < -0.4 is 5.56 Å². The van der Waals surface area contributed by atoms with E-state index in [4.69, 9.17) is 16.9 Å². The highest BCUT2D eigenvalue weighted by atomic mass is 35.5. The molecular weight excluding hydrogens is 388 g/mol. The fraction of sp³-hybridized carbons (Fsp3) is 0.0952. The second-order valence-corrected chi connectivity index (χ2v) is 6.75. The molecule has 0 radical (unpaired) electrons. The van der Waals surface area contributed by atoms with Crippen molar-refractivity contribution in [2.24, 2.45) is 0 Å². The molecule has 1 N–H and O–H groups in total. The smallest absolute Gasteiger partial charge is 0.248 e. The summed E-state index contributed by atoms with van der Waals surface area (Å²) in [6, 6.07) is 13.9. The van der Waals surface area contributed by atoms with E-state index < -0.39 is 6.04 Å². The van der Waals surface area contributed by atoms with Crippen LogP contribution in [0.2, 0.25) is 5.15 Å². The van der Waals surface area contributed by atoms with E-state index in [9.17, 15) is 4.79 Å². The van der Waals surface area contributed by atoms with Crippen LogP contribution in [0, 0.1) is 11.3 Å². The standard InChI is InChI=1S/C21H15ClN6O/c22-17-6-8-26-21(27-17)20(16-5-7-25-19(29)12-16)28-10-9-24-18(28)11-14-1-3-15(13-23)4-2-14/h1-10,12,20H,11H2,(H,25,29). The molecule has 0 aliphatic carbocycles. The van der Waals surface area contributed by atoms with Gasteiger partial charge < -0.3 is 9.55 Å². The molecule has 0 aliphatic heterocycles. The molecule has 0 aliphatic rings. The molecule has 142 valence electrons. The van der Waals surface area contributed by atoms with Crippen LogP contribution in [0.25, 0.3) is 0 Å². The lowest BCUT2D eigenvalue weighted by molar-refractivity contribution is 0.606. The van der Waals surface area contributed by atoms with Gasteiger partial charge in [0.05, 0.1) is 11.6 Å². The molecule has 1 atom stereocenters. The minimum Gasteiger partial charge on any atom is -0.329 e. The summed E-state index contributed by atoms with van der Waals surface area (Å²) in [5.74, 6) is 1.23. The number of rotatable bonds is 5. The Balaban J connectivity index is 1.79. The van der Waals surface area contributed by atoms with Crippen LogP contribution in [0.5, 0.6) is 0 Å². The van der Waals surface area contributed by atoms with E-state index in [1.54, 1.807) is 36.8 Å². The third kappa shape index (κ3) is 4.08. The average Bonchev–Trinajstić information content (AvgIpc) is 3.17. The van der Waals surface area contributed by atoms with Crippen LogP contribution in [0.1, 0.15) is 34.4 Å². The van der Waals surface area contributed by atoms with Gasteiger partial charge in [-0.25, -0.2) is 15.0 Å². The molecule has 8 heteroatoms. The SMILES string of the molecule is N#Cc1ccc(Cc2nccn2C(c2cc[nH]c(=O)c2)c2nccc(Cl)n2)cc1. The maximum atomic E-state index is 11.9. The van der Waals surface area contributed by atoms with E-state index in [-0.39, 0.29) is 5.56 Å². The second kappa shape index (κ2) is 8.09. The van der Waals surface area contributed by atoms with Crippen molar-refractivity contribution in [1.29, 1.82) is 5.26 Å². The molecule has 1 unspecified atom stereocenters. The van der Waals surface area contributed by atoms with E-state index >= 15 is 0 Å². The highest BCUT2D eigenvalue weighted by Gasteiger charge is 2.22. The van der Waals surface area contributed by atoms with Crippen molar-refractivity contribution >= 4 is 11.6 Å². The molecule has 0 saturated carbocycles. The fourth-order valence-electron chi connectivity index (χ4n) is 3.14. The van der Waals surface area contributed by atoms with Crippen molar-refractivity contribution in [2.45, 2.75) is 12.5 Å². The summed E-state index contributed by atoms with van der Waals surface area (Å²) in [6.45, 7) is 0. The van der Waals surface area contributed by atoms with Crippen LogP contribution in [-0.2, 0) is 6.42 Å². The molecule has 7 nitrogen and oxygen atoms in total. The van der Waals surface area contributed by atoms with Gasteiger partial charge in [-0.3, -0.25) is 4.79 Å². The van der Waals surface area contributed by atoms with E-state index in [1.165, 1.54) is 6.07 Å². The van der Waals surface area contributed by atoms with Crippen LogP contribution in [-0.4, -0.2) is 24.5 Å². The Kier molecular flexibility index (Phi) is 5.18. The van der Waals surface area contributed by atoms with Gasteiger partial charge in [-0.15, -0.1) is 0 Å². The molecule has 0 spiro atoms. The number of pyridine rings is 1. The predicted octanol–water partition coefficient (Wildman–Crippen LogP) is 3.11. The second-order valence-electron chi connectivity index (χ2n) is 6.36. The summed E-state index contributed by atoms with van der Waals surface area (Å²) in [4.78, 5) is 27.8. The summed E-state index contributed by atoms with van der Waals surface area (Å²) in [6.07, 6.45) is 7.24. The largest absolute Gasteiger partial charge is 0.329 e. The minimum atomic E-state index is -0.466. The summed E-state index contributed by atoms with van der Waals surface area (Å²) in [7, 11) is 0. The first-order chi connectivity index (χ1) is 14.1. The van der Waals surface area contributed by atoms with Crippen molar-refractivity contribution in [3.63, 3.8) is 0 Å². The van der Waals surface area contributed by atoms with Gasteiger partial charge in [-0.1, -0.05) is 23.7 Å². The molecule has 0 fully saturated rings. The Morgan fingerprint density at radius 2 is 1.97 bits per heavy atom. The van der Waals surface area contributed by atoms with Crippen molar-refractivity contribution in [3.8, 4) is 6.07 Å². The Bertz CT molecular complexity index is 1240. The number of imidazole rings is 1. The molecule has 3 heterocycles. The van der Waals surface area contributed by atoms with Gasteiger partial charge >= 0.3 is 0 Å². The molecule has 0 bridgehead atoms. The number of nitriles is 1. The third-order valence-corrected chi connectivity index (χ3v) is 4.68. The molecule has 0 amide bonds. The molecule has 29 heavy (non-hydrogen) atoms. The van der Waals surface area contributed by atoms with E-state index in [0.29, 0.717) is 23.0 Å². The minimum absolute atomic E-state index is 0.219. The highest BCUT2D eigenvalue weighted by molar-refractivity contribution is 6.29. The van der Waals surface area contributed by atoms with Gasteiger partial charge in [0.15, 0.2) is 5.82 Å². The lowest BCUT2D eigenvalue weighted by atomic mass is 10.1. The summed E-state index contributed by atoms with van der Waals surface area (Å²) in [5, 5.41) is 9.30. The quantitative estimate of drug-likeness (QED) is 0.517. The molecule has 4 rings (SSSR count). The summed E-state index contributed by atoms with van der Waals surface area (Å²) in [5.41, 5.74) is 2.11. The first-order valence-electron chi connectivity index (χ1n) is 8.82. The number of benzene rings is 1. The number of hydrogen-bond acceptors (Lipinski definition) is 5. The lowest BCUT2D eigenvalue weighted by Crippen LogP contribution is -2.19. The Labute approximate surface area is 171 Å². The van der Waals surface area contributed by atoms with Gasteiger partial charge in [0.2, 0.25) is 5.56 Å². The van der Waals surface area contributed by atoms with Crippen molar-refractivity contribution < 1.29 is 0 Å². The number of aromatic nitrogens is 5. The fourth-order valence-corrected chi connectivity index (χ4v) is 3.29. The normalized spacial score (nSPS) is 11.7. The van der Waals surface area contributed by atoms with Crippen LogP contribution in [0.4, 0.5) is 0 Å². The van der Waals surface area contributed by atoms with Gasteiger partial charge in [0.25, 0.3) is 0 Å². The topological polar surface area (TPSA) is 100 Å². The molecule has 1 aromatic carbocycles. The number of nitrogens with zero attached hydrogens (tertiary/aromatic N) is 5. The Hall–Kier alpha value is -3.76. The molecule has 0 saturated heterocycles. The van der Waals surface area contributed by atoms with Crippen LogP contribution in [0.15, 0.2) is 72.0 Å². The van der Waals surface area contributed by atoms with Crippen LogP contribution in [0.3, 0.4) is 0 Å². The van der Waals surface area contributed by atoms with Gasteiger partial charge in [-0.05, 0) is 35.4 Å². The Morgan fingerprint density at radius 1 is 1.14 bits per heavy atom. The molecular formula is C21H15ClN6O. The summed E-state index contributed by atoms with van der Waals surface area (Å²) >= 11 is 6.10. The number of hydrogen-bond donors (Lipinski definition) is 1. The monoisotopic (exact) mass is 402 g/mol. The number of nitrogens with one attached hydrogen (secondary N) is 1. The first kappa shape index (κ1) is 18.6. The van der Waals surface area contributed by atoms with Gasteiger partial charge in [0.1, 0.15) is 17.0 Å². The van der Waals surface area contributed by atoms with Gasteiger partial charge in [-0.2, -0.15) is 5.26 Å². The zero-order valence-corrected chi connectivity index (χ0v) is 15.9. The van der Waals surface area contributed by atoms with Gasteiger partial charge in [0, 0.05) is 37.3 Å². The van der Waals surface area contributed by atoms with Crippen LogP contribution >= 0.6 is 11.6 Å². The van der Waals surface area contributed by atoms with E-state index in [2.05, 4.69) is 26.0 Å². The van der Waals surface area contributed by atoms with Crippen molar-refractivity contribution in [2.75, 3.05) is 0 Å². The molecule has 4 aromatic rings. The maximum absolute atomic E-state index is 11.9. The number of aromatic amines is 1. The number of H-pyrrole nitrogens is 1. The molecule has 3 aromatic heterocycles. The van der Waals surface area contributed by atoms with Crippen molar-refractivity contribution in [1.82, 2.24) is 24.5 Å². The highest BCUT2D eigenvalue weighted by Crippen LogP contribution is 2.26. The lowest BCUT2D eigenvalue weighted by Gasteiger charge is -2.20. The van der Waals surface area contributed by atoms with E-state index in [1.807, 2.05) is 29.0 Å². The third-order valence-electron chi connectivity index (χ3n) is 4.47. The Morgan fingerprint density at radius 3 is 2.69 bits per heavy atom. The maximum Gasteiger partial charge on any atom is 0.248 e.